The maximum absolute atomic E-state index is 13.6. The molecular weight excluding hydrogens is 458 g/mol. The topological polar surface area (TPSA) is 65.5 Å². The van der Waals surface area contributed by atoms with Gasteiger partial charge in [0.1, 0.15) is 5.69 Å². The third kappa shape index (κ3) is 4.22. The van der Waals surface area contributed by atoms with Gasteiger partial charge in [-0.25, -0.2) is 32.1 Å². The van der Waals surface area contributed by atoms with Crippen LogP contribution in [0.5, 0.6) is 11.5 Å². The molecule has 2 aromatic carbocycles. The second-order valence-electron chi connectivity index (χ2n) is 5.81. The molecule has 0 bridgehead atoms. The average molecular weight is 463 g/mol. The number of rotatable bonds is 4. The van der Waals surface area contributed by atoms with Crippen molar-refractivity contribution in [1.82, 2.24) is 4.98 Å². The molecule has 0 radical (unpaired) electrons. The zero-order valence-electron chi connectivity index (χ0n) is 15.0. The van der Waals surface area contributed by atoms with Crippen molar-refractivity contribution in [3.8, 4) is 11.5 Å². The Bertz CT molecular complexity index is 1100. The zero-order valence-corrected chi connectivity index (χ0v) is 15.0. The van der Waals surface area contributed by atoms with Crippen molar-refractivity contribution in [1.29, 1.82) is 0 Å². The highest BCUT2D eigenvalue weighted by molar-refractivity contribution is 5.93. The predicted octanol–water partition coefficient (Wildman–Crippen LogP) is 4.63. The van der Waals surface area contributed by atoms with E-state index in [1.807, 2.05) is 0 Å². The van der Waals surface area contributed by atoms with E-state index in [-0.39, 0.29) is 12.1 Å². The van der Waals surface area contributed by atoms with Crippen LogP contribution in [0.1, 0.15) is 20.8 Å². The molecule has 0 spiro atoms. The Hall–Kier alpha value is -4.03. The maximum atomic E-state index is 13.6. The van der Waals surface area contributed by atoms with E-state index < -0.39 is 81.2 Å². The number of benzene rings is 2. The Morgan fingerprint density at radius 1 is 0.625 bits per heavy atom. The van der Waals surface area contributed by atoms with Gasteiger partial charge in [0, 0.05) is 18.3 Å². The van der Waals surface area contributed by atoms with E-state index in [1.165, 1.54) is 0 Å². The van der Waals surface area contributed by atoms with E-state index in [0.717, 1.165) is 6.07 Å². The normalized spacial score (nSPS) is 10.8. The van der Waals surface area contributed by atoms with Gasteiger partial charge in [0.2, 0.25) is 34.8 Å². The first-order chi connectivity index (χ1) is 15.0. The van der Waals surface area contributed by atoms with Gasteiger partial charge in [-0.15, -0.1) is 0 Å². The summed E-state index contributed by atoms with van der Waals surface area (Å²) in [5.41, 5.74) is -1.31. The SMILES string of the molecule is O=C(Oc1c(F)c(F)cc(F)c1F)c1ccc(C(=O)Oc2c(F)c(F)cc(F)c2F)nc1. The number of carbonyl (C=O) groups is 2. The summed E-state index contributed by atoms with van der Waals surface area (Å²) in [5.74, 6) is -21.8. The summed E-state index contributed by atoms with van der Waals surface area (Å²) in [6, 6.07) is 1.25. The molecule has 5 nitrogen and oxygen atoms in total. The minimum Gasteiger partial charge on any atom is -0.416 e. The molecule has 166 valence electrons. The van der Waals surface area contributed by atoms with Gasteiger partial charge in [-0.1, -0.05) is 0 Å². The summed E-state index contributed by atoms with van der Waals surface area (Å²) in [6.45, 7) is 0. The number of esters is 2. The van der Waals surface area contributed by atoms with Gasteiger partial charge in [0.15, 0.2) is 23.3 Å². The van der Waals surface area contributed by atoms with E-state index in [0.29, 0.717) is 12.3 Å². The van der Waals surface area contributed by atoms with Crippen LogP contribution < -0.4 is 9.47 Å². The van der Waals surface area contributed by atoms with Crippen LogP contribution in [0.4, 0.5) is 35.1 Å². The highest BCUT2D eigenvalue weighted by Gasteiger charge is 2.26. The summed E-state index contributed by atoms with van der Waals surface area (Å²) in [6.07, 6.45) is 0.573. The summed E-state index contributed by atoms with van der Waals surface area (Å²) in [7, 11) is 0. The summed E-state index contributed by atoms with van der Waals surface area (Å²) in [4.78, 5) is 27.2. The number of carbonyl (C=O) groups excluding carboxylic acids is 2. The second-order valence-corrected chi connectivity index (χ2v) is 5.81. The van der Waals surface area contributed by atoms with Crippen molar-refractivity contribution in [2.45, 2.75) is 0 Å². The summed E-state index contributed by atoms with van der Waals surface area (Å²) >= 11 is 0. The van der Waals surface area contributed by atoms with Crippen LogP contribution in [0.15, 0.2) is 30.5 Å². The van der Waals surface area contributed by atoms with Gasteiger partial charge in [0.05, 0.1) is 5.56 Å². The predicted molar refractivity (Wildman–Crippen MR) is 86.7 cm³/mol. The molecule has 0 aliphatic heterocycles. The number of hydrogen-bond acceptors (Lipinski definition) is 5. The first kappa shape index (κ1) is 22.7. The third-order valence-electron chi connectivity index (χ3n) is 3.74. The maximum Gasteiger partial charge on any atom is 0.362 e. The largest absolute Gasteiger partial charge is 0.416 e. The number of aromatic nitrogens is 1. The fourth-order valence-corrected chi connectivity index (χ4v) is 2.21. The van der Waals surface area contributed by atoms with Crippen molar-refractivity contribution in [2.24, 2.45) is 0 Å². The van der Waals surface area contributed by atoms with Gasteiger partial charge >= 0.3 is 11.9 Å². The lowest BCUT2D eigenvalue weighted by Gasteiger charge is -2.09. The summed E-state index contributed by atoms with van der Waals surface area (Å²) in [5, 5.41) is 0. The van der Waals surface area contributed by atoms with Gasteiger partial charge in [-0.2, -0.15) is 17.6 Å². The average Bonchev–Trinajstić information content (AvgIpc) is 2.76. The van der Waals surface area contributed by atoms with Crippen LogP contribution in [0.3, 0.4) is 0 Å². The molecule has 0 fully saturated rings. The van der Waals surface area contributed by atoms with Gasteiger partial charge in [-0.3, -0.25) is 0 Å². The minimum atomic E-state index is -2.00. The number of hydrogen-bond donors (Lipinski definition) is 0. The molecule has 0 saturated carbocycles. The van der Waals surface area contributed by atoms with Crippen LogP contribution in [-0.4, -0.2) is 16.9 Å². The third-order valence-corrected chi connectivity index (χ3v) is 3.74. The molecule has 0 N–H and O–H groups in total. The van der Waals surface area contributed by atoms with E-state index in [4.69, 9.17) is 0 Å². The fraction of sp³-hybridized carbons (Fsp3) is 0. The standard InChI is InChI=1S/C19H5F8NO4/c20-7-3-8(21)13(25)16(12(7)24)31-18(29)6-1-2-11(28-5-6)19(30)32-17-14(26)9(22)4-10(23)15(17)27/h1-5H. The Labute approximate surface area is 171 Å². The first-order valence-corrected chi connectivity index (χ1v) is 8.07. The number of pyridine rings is 1. The molecule has 0 aliphatic carbocycles. The van der Waals surface area contributed by atoms with Crippen molar-refractivity contribution in [2.75, 3.05) is 0 Å². The van der Waals surface area contributed by atoms with Gasteiger partial charge < -0.3 is 9.47 Å². The number of nitrogens with zero attached hydrogens (tertiary/aromatic N) is 1. The highest BCUT2D eigenvalue weighted by Crippen LogP contribution is 2.28. The van der Waals surface area contributed by atoms with E-state index in [9.17, 15) is 44.7 Å². The van der Waals surface area contributed by atoms with Crippen molar-refractivity contribution < 1.29 is 54.2 Å². The highest BCUT2D eigenvalue weighted by atomic mass is 19.2. The summed E-state index contributed by atoms with van der Waals surface area (Å²) < 4.78 is 115. The minimum absolute atomic E-state index is 0.111. The molecular formula is C19H5F8NO4. The number of halogens is 8. The molecule has 0 amide bonds. The lowest BCUT2D eigenvalue weighted by atomic mass is 10.2. The molecule has 1 aromatic heterocycles. The molecule has 3 aromatic rings. The van der Waals surface area contributed by atoms with Crippen LogP contribution in [0, 0.1) is 46.5 Å². The van der Waals surface area contributed by atoms with Crippen LogP contribution in [0.25, 0.3) is 0 Å². The molecule has 1 heterocycles. The molecule has 0 unspecified atom stereocenters. The van der Waals surface area contributed by atoms with Crippen LogP contribution in [0.2, 0.25) is 0 Å². The van der Waals surface area contributed by atoms with Crippen LogP contribution in [-0.2, 0) is 0 Å². The molecule has 0 atom stereocenters. The fourth-order valence-electron chi connectivity index (χ4n) is 2.21. The first-order valence-electron chi connectivity index (χ1n) is 8.07. The smallest absolute Gasteiger partial charge is 0.362 e. The Kier molecular flexibility index (Phi) is 6.09. The Morgan fingerprint density at radius 2 is 1.03 bits per heavy atom. The van der Waals surface area contributed by atoms with Crippen LogP contribution >= 0.6 is 0 Å². The number of ether oxygens (including phenoxy) is 2. The lowest BCUT2D eigenvalue weighted by Crippen LogP contribution is -2.16. The molecule has 0 aliphatic rings. The van der Waals surface area contributed by atoms with E-state index >= 15 is 0 Å². The molecule has 13 heteroatoms. The van der Waals surface area contributed by atoms with Crippen molar-refractivity contribution >= 4 is 11.9 Å². The van der Waals surface area contributed by atoms with Crippen molar-refractivity contribution in [3.63, 3.8) is 0 Å². The lowest BCUT2D eigenvalue weighted by molar-refractivity contribution is 0.0698. The molecule has 32 heavy (non-hydrogen) atoms. The monoisotopic (exact) mass is 463 g/mol. The Morgan fingerprint density at radius 3 is 1.41 bits per heavy atom. The molecule has 3 rings (SSSR count). The van der Waals surface area contributed by atoms with Gasteiger partial charge in [-0.05, 0) is 12.1 Å². The Balaban J connectivity index is 1.80. The van der Waals surface area contributed by atoms with E-state index in [2.05, 4.69) is 14.5 Å². The van der Waals surface area contributed by atoms with Crippen molar-refractivity contribution in [3.05, 3.63) is 88.3 Å². The second kappa shape index (κ2) is 8.61. The quantitative estimate of drug-likeness (QED) is 0.244. The zero-order chi connectivity index (χ0) is 23.7. The molecule has 0 saturated heterocycles. The van der Waals surface area contributed by atoms with E-state index in [1.54, 1.807) is 0 Å². The van der Waals surface area contributed by atoms with Gasteiger partial charge in [0.25, 0.3) is 0 Å².